The van der Waals surface area contributed by atoms with E-state index in [1.165, 1.54) is 0 Å². The van der Waals surface area contributed by atoms with Crippen LogP contribution in [0, 0.1) is 0 Å². The molecular formula is C12H14Br2N2O2. The van der Waals surface area contributed by atoms with Crippen LogP contribution in [0.25, 0.3) is 0 Å². The molecule has 0 aliphatic carbocycles. The lowest BCUT2D eigenvalue weighted by molar-refractivity contribution is 0.0734. The van der Waals surface area contributed by atoms with Crippen molar-refractivity contribution in [2.75, 3.05) is 26.3 Å². The van der Waals surface area contributed by atoms with Gasteiger partial charge in [0.05, 0.1) is 13.2 Å². The van der Waals surface area contributed by atoms with Crippen molar-refractivity contribution in [2.45, 2.75) is 6.04 Å². The fourth-order valence-electron chi connectivity index (χ4n) is 1.75. The monoisotopic (exact) mass is 376 g/mol. The number of amides is 1. The zero-order valence-corrected chi connectivity index (χ0v) is 12.9. The number of nitrogens with one attached hydrogen (secondary N) is 2. The first kappa shape index (κ1) is 14.0. The van der Waals surface area contributed by atoms with E-state index in [9.17, 15) is 4.79 Å². The normalized spacial score (nSPS) is 19.6. The highest BCUT2D eigenvalue weighted by Gasteiger charge is 2.14. The maximum atomic E-state index is 12.0. The van der Waals surface area contributed by atoms with Gasteiger partial charge in [-0.15, -0.1) is 0 Å². The summed E-state index contributed by atoms with van der Waals surface area (Å²) >= 11 is 6.73. The van der Waals surface area contributed by atoms with Gasteiger partial charge in [0.15, 0.2) is 0 Å². The van der Waals surface area contributed by atoms with Crippen LogP contribution >= 0.6 is 31.9 Å². The van der Waals surface area contributed by atoms with Gasteiger partial charge in [-0.3, -0.25) is 4.79 Å². The number of ether oxygens (including phenoxy) is 1. The van der Waals surface area contributed by atoms with Crippen LogP contribution in [0.4, 0.5) is 0 Å². The summed E-state index contributed by atoms with van der Waals surface area (Å²) in [6.45, 7) is 2.79. The van der Waals surface area contributed by atoms with Crippen LogP contribution in [0.15, 0.2) is 27.1 Å². The van der Waals surface area contributed by atoms with Crippen LogP contribution in [-0.4, -0.2) is 38.3 Å². The average molecular weight is 378 g/mol. The Balaban J connectivity index is 1.90. The number of halogens is 2. The van der Waals surface area contributed by atoms with Crippen LogP contribution in [0.2, 0.25) is 0 Å². The summed E-state index contributed by atoms with van der Waals surface area (Å²) in [4.78, 5) is 12.0. The van der Waals surface area contributed by atoms with E-state index in [1.54, 1.807) is 12.1 Å². The number of hydrogen-bond acceptors (Lipinski definition) is 3. The summed E-state index contributed by atoms with van der Waals surface area (Å²) in [7, 11) is 0. The molecule has 1 aliphatic rings. The molecule has 6 heteroatoms. The lowest BCUT2D eigenvalue weighted by Crippen LogP contribution is -2.48. The lowest BCUT2D eigenvalue weighted by Gasteiger charge is -2.23. The number of carbonyl (C=O) groups excluding carboxylic acids is 1. The Morgan fingerprint density at radius 3 is 2.72 bits per heavy atom. The molecular weight excluding hydrogens is 364 g/mol. The molecule has 0 saturated carbocycles. The Kier molecular flexibility index (Phi) is 5.17. The molecule has 1 fully saturated rings. The maximum Gasteiger partial charge on any atom is 0.251 e. The Bertz CT molecular complexity index is 414. The van der Waals surface area contributed by atoms with Gasteiger partial charge < -0.3 is 15.4 Å². The topological polar surface area (TPSA) is 50.4 Å². The molecule has 98 valence electrons. The van der Waals surface area contributed by atoms with Gasteiger partial charge in [-0.2, -0.15) is 0 Å². The van der Waals surface area contributed by atoms with Crippen molar-refractivity contribution in [3.63, 3.8) is 0 Å². The second kappa shape index (κ2) is 6.65. The predicted molar refractivity (Wildman–Crippen MR) is 76.8 cm³/mol. The smallest absolute Gasteiger partial charge is 0.251 e. The van der Waals surface area contributed by atoms with Gasteiger partial charge in [0.1, 0.15) is 0 Å². The van der Waals surface area contributed by atoms with Crippen molar-refractivity contribution in [3.8, 4) is 0 Å². The highest BCUT2D eigenvalue weighted by Crippen LogP contribution is 2.19. The molecule has 4 nitrogen and oxygen atoms in total. The van der Waals surface area contributed by atoms with E-state index in [0.29, 0.717) is 18.7 Å². The summed E-state index contributed by atoms with van der Waals surface area (Å²) in [6.07, 6.45) is 0. The molecule has 1 atom stereocenters. The Morgan fingerprint density at radius 2 is 2.11 bits per heavy atom. The molecule has 1 aromatic carbocycles. The summed E-state index contributed by atoms with van der Waals surface area (Å²) in [5, 5.41) is 6.19. The summed E-state index contributed by atoms with van der Waals surface area (Å²) in [5.41, 5.74) is 0.632. The van der Waals surface area contributed by atoms with E-state index in [4.69, 9.17) is 4.74 Å². The largest absolute Gasteiger partial charge is 0.378 e. The minimum atomic E-state index is -0.0793. The van der Waals surface area contributed by atoms with E-state index >= 15 is 0 Å². The molecule has 0 spiro atoms. The van der Waals surface area contributed by atoms with Crippen LogP contribution in [0.5, 0.6) is 0 Å². The zero-order chi connectivity index (χ0) is 13.0. The quantitative estimate of drug-likeness (QED) is 0.846. The zero-order valence-electron chi connectivity index (χ0n) is 9.71. The average Bonchev–Trinajstić information content (AvgIpc) is 2.36. The van der Waals surface area contributed by atoms with E-state index in [-0.39, 0.29) is 11.9 Å². The van der Waals surface area contributed by atoms with Crippen molar-refractivity contribution in [1.82, 2.24) is 10.6 Å². The molecule has 18 heavy (non-hydrogen) atoms. The van der Waals surface area contributed by atoms with E-state index in [1.807, 2.05) is 6.07 Å². The lowest BCUT2D eigenvalue weighted by atomic mass is 10.2. The molecule has 1 aromatic rings. The first-order chi connectivity index (χ1) is 8.65. The standard InChI is InChI=1S/C12H14Br2N2O2/c13-9-3-8(4-10(14)5-9)12(17)16-6-11-7-18-2-1-15-11/h3-5,11,15H,1-2,6-7H2,(H,16,17). The van der Waals surface area contributed by atoms with Gasteiger partial charge in [-0.1, -0.05) is 31.9 Å². The Morgan fingerprint density at radius 1 is 1.39 bits per heavy atom. The van der Waals surface area contributed by atoms with Crippen molar-refractivity contribution in [2.24, 2.45) is 0 Å². The summed E-state index contributed by atoms with van der Waals surface area (Å²) < 4.78 is 7.08. The SMILES string of the molecule is O=C(NCC1COCCN1)c1cc(Br)cc(Br)c1. The molecule has 0 radical (unpaired) electrons. The predicted octanol–water partition coefficient (Wildman–Crippen LogP) is 1.93. The molecule has 2 N–H and O–H groups in total. The van der Waals surface area contributed by atoms with Crippen molar-refractivity contribution in [3.05, 3.63) is 32.7 Å². The Labute approximate surface area is 123 Å². The van der Waals surface area contributed by atoms with Gasteiger partial charge >= 0.3 is 0 Å². The molecule has 1 heterocycles. The van der Waals surface area contributed by atoms with Crippen molar-refractivity contribution in [1.29, 1.82) is 0 Å². The molecule has 0 aromatic heterocycles. The molecule has 1 saturated heterocycles. The third-order valence-corrected chi connectivity index (χ3v) is 3.55. The summed E-state index contributed by atoms with van der Waals surface area (Å²) in [6, 6.07) is 5.68. The maximum absolute atomic E-state index is 12.0. The van der Waals surface area contributed by atoms with Crippen molar-refractivity contribution >= 4 is 37.8 Å². The third-order valence-electron chi connectivity index (χ3n) is 2.63. The molecule has 2 rings (SSSR count). The number of carbonyl (C=O) groups is 1. The minimum absolute atomic E-state index is 0.0793. The molecule has 1 unspecified atom stereocenters. The van der Waals surface area contributed by atoms with Crippen LogP contribution in [0.1, 0.15) is 10.4 Å². The third kappa shape index (κ3) is 4.05. The minimum Gasteiger partial charge on any atom is -0.378 e. The van der Waals surface area contributed by atoms with E-state index in [0.717, 1.165) is 22.1 Å². The van der Waals surface area contributed by atoms with Crippen LogP contribution in [-0.2, 0) is 4.74 Å². The number of benzene rings is 1. The second-order valence-electron chi connectivity index (χ2n) is 4.09. The van der Waals surface area contributed by atoms with Crippen LogP contribution < -0.4 is 10.6 Å². The van der Waals surface area contributed by atoms with E-state index < -0.39 is 0 Å². The van der Waals surface area contributed by atoms with Gasteiger partial charge in [0, 0.05) is 33.6 Å². The van der Waals surface area contributed by atoms with Crippen molar-refractivity contribution < 1.29 is 9.53 Å². The molecule has 1 amide bonds. The number of rotatable bonds is 3. The van der Waals surface area contributed by atoms with Gasteiger partial charge in [-0.25, -0.2) is 0 Å². The first-order valence-corrected chi connectivity index (χ1v) is 7.29. The Hall–Kier alpha value is -0.430. The van der Waals surface area contributed by atoms with Gasteiger partial charge in [0.2, 0.25) is 0 Å². The van der Waals surface area contributed by atoms with E-state index in [2.05, 4.69) is 42.5 Å². The molecule has 1 aliphatic heterocycles. The number of hydrogen-bond donors (Lipinski definition) is 2. The molecule has 0 bridgehead atoms. The first-order valence-electron chi connectivity index (χ1n) is 5.70. The van der Waals surface area contributed by atoms with Gasteiger partial charge in [0.25, 0.3) is 5.91 Å². The summed E-state index contributed by atoms with van der Waals surface area (Å²) in [5.74, 6) is -0.0793. The van der Waals surface area contributed by atoms with Crippen LogP contribution in [0.3, 0.4) is 0 Å². The fraction of sp³-hybridized carbons (Fsp3) is 0.417. The highest BCUT2D eigenvalue weighted by atomic mass is 79.9. The highest BCUT2D eigenvalue weighted by molar-refractivity contribution is 9.11. The fourth-order valence-corrected chi connectivity index (χ4v) is 3.05. The second-order valence-corrected chi connectivity index (χ2v) is 5.93. The number of morpholine rings is 1. The van der Waals surface area contributed by atoms with Gasteiger partial charge in [-0.05, 0) is 18.2 Å².